The van der Waals surface area contributed by atoms with Gasteiger partial charge in [0, 0.05) is 0 Å². The molecule has 0 fully saturated rings. The molecule has 0 bridgehead atoms. The molecule has 37 heavy (non-hydrogen) atoms. The van der Waals surface area contributed by atoms with Crippen molar-refractivity contribution in [1.29, 1.82) is 0 Å². The Morgan fingerprint density at radius 2 is 0.703 bits per heavy atom. The highest BCUT2D eigenvalue weighted by Crippen LogP contribution is 2.16. The smallest absolute Gasteiger partial charge is 0.231 e. The minimum absolute atomic E-state index is 0.232. The van der Waals surface area contributed by atoms with Crippen LogP contribution in [0.15, 0.2) is 69.5 Å². The lowest BCUT2D eigenvalue weighted by Crippen LogP contribution is -2.08. The first-order chi connectivity index (χ1) is 17.5. The van der Waals surface area contributed by atoms with Gasteiger partial charge in [-0.15, -0.1) is 20.4 Å². The number of hydrogen-bond donors (Lipinski definition) is 0. The summed E-state index contributed by atoms with van der Waals surface area (Å²) in [4.78, 5) is 0. The molecule has 4 aromatic rings. The SMILES string of the molecule is O=S(=O)(Cc1ccccc1)Cc1nnc(CS(=O)(=O)Cc2nnc(CS(=O)(=O)Cc3ccccc3)o2)o1. The zero-order chi connectivity index (χ0) is 26.5. The summed E-state index contributed by atoms with van der Waals surface area (Å²) < 4.78 is 85.1. The predicted octanol–water partition coefficient (Wildman–Crippen LogP) is 1.80. The zero-order valence-corrected chi connectivity index (χ0v) is 21.7. The Bertz CT molecular complexity index is 1550. The third-order valence-electron chi connectivity index (χ3n) is 4.85. The number of sulfone groups is 3. The molecule has 0 atom stereocenters. The summed E-state index contributed by atoms with van der Waals surface area (Å²) in [6.07, 6.45) is 0. The highest BCUT2D eigenvalue weighted by atomic mass is 32.2. The van der Waals surface area contributed by atoms with E-state index in [2.05, 4.69) is 20.4 Å². The summed E-state index contributed by atoms with van der Waals surface area (Å²) in [5.74, 6) is -3.99. The van der Waals surface area contributed by atoms with Crippen molar-refractivity contribution in [3.05, 3.63) is 95.4 Å². The number of aromatic nitrogens is 4. The Labute approximate surface area is 213 Å². The fourth-order valence-corrected chi connectivity index (χ4v) is 7.05. The molecule has 0 unspecified atom stereocenters. The second kappa shape index (κ2) is 10.9. The van der Waals surface area contributed by atoms with Crippen LogP contribution in [0.4, 0.5) is 0 Å². The van der Waals surface area contributed by atoms with Gasteiger partial charge in [-0.3, -0.25) is 0 Å². The van der Waals surface area contributed by atoms with E-state index in [1.54, 1.807) is 60.7 Å². The first kappa shape index (κ1) is 26.6. The van der Waals surface area contributed by atoms with Crippen LogP contribution in [-0.4, -0.2) is 45.6 Å². The van der Waals surface area contributed by atoms with Gasteiger partial charge >= 0.3 is 0 Å². The number of nitrogens with zero attached hydrogens (tertiary/aromatic N) is 4. The molecule has 0 aliphatic carbocycles. The molecule has 0 radical (unpaired) electrons. The van der Waals surface area contributed by atoms with E-state index in [0.717, 1.165) is 0 Å². The highest BCUT2D eigenvalue weighted by Gasteiger charge is 2.24. The maximum Gasteiger partial charge on any atom is 0.231 e. The van der Waals surface area contributed by atoms with E-state index in [-0.39, 0.29) is 35.1 Å². The quantitative estimate of drug-likeness (QED) is 0.243. The molecule has 15 heteroatoms. The van der Waals surface area contributed by atoms with Gasteiger partial charge in [0.1, 0.15) is 23.0 Å². The molecular formula is C22H22N4O8S3. The Kier molecular flexibility index (Phi) is 7.85. The van der Waals surface area contributed by atoms with E-state index in [1.165, 1.54) is 0 Å². The fourth-order valence-electron chi connectivity index (χ4n) is 3.37. The minimum atomic E-state index is -3.94. The normalized spacial score (nSPS) is 12.5. The molecule has 0 aliphatic heterocycles. The maximum absolute atomic E-state index is 12.5. The van der Waals surface area contributed by atoms with E-state index >= 15 is 0 Å². The van der Waals surface area contributed by atoms with Gasteiger partial charge in [0.15, 0.2) is 29.5 Å². The molecule has 0 saturated carbocycles. The van der Waals surface area contributed by atoms with Crippen LogP contribution in [0.25, 0.3) is 0 Å². The summed E-state index contributed by atoms with van der Waals surface area (Å²) in [5.41, 5.74) is 1.19. The van der Waals surface area contributed by atoms with E-state index in [1.807, 2.05) is 0 Å². The van der Waals surface area contributed by atoms with E-state index in [4.69, 9.17) is 8.83 Å². The molecule has 0 spiro atoms. The summed E-state index contributed by atoms with van der Waals surface area (Å²) in [6.45, 7) is 0. The maximum atomic E-state index is 12.5. The Balaban J connectivity index is 1.34. The largest absolute Gasteiger partial charge is 0.423 e. The van der Waals surface area contributed by atoms with E-state index < -0.39 is 52.5 Å². The number of hydrogen-bond acceptors (Lipinski definition) is 12. The van der Waals surface area contributed by atoms with Gasteiger partial charge in [0.25, 0.3) is 0 Å². The molecule has 0 amide bonds. The van der Waals surface area contributed by atoms with Crippen LogP contribution >= 0.6 is 0 Å². The van der Waals surface area contributed by atoms with Gasteiger partial charge in [-0.1, -0.05) is 60.7 Å². The van der Waals surface area contributed by atoms with Gasteiger partial charge in [0.2, 0.25) is 23.6 Å². The van der Waals surface area contributed by atoms with E-state index in [0.29, 0.717) is 11.1 Å². The molecular weight excluding hydrogens is 544 g/mol. The van der Waals surface area contributed by atoms with Gasteiger partial charge < -0.3 is 8.83 Å². The molecule has 196 valence electrons. The molecule has 12 nitrogen and oxygen atoms in total. The van der Waals surface area contributed by atoms with Gasteiger partial charge in [0.05, 0.1) is 11.5 Å². The lowest BCUT2D eigenvalue weighted by Gasteiger charge is -2.02. The summed E-state index contributed by atoms with van der Waals surface area (Å²) in [6, 6.07) is 17.1. The minimum Gasteiger partial charge on any atom is -0.423 e. The van der Waals surface area contributed by atoms with Crippen molar-refractivity contribution in [2.75, 3.05) is 0 Å². The van der Waals surface area contributed by atoms with Crippen molar-refractivity contribution in [3.63, 3.8) is 0 Å². The lowest BCUT2D eigenvalue weighted by molar-refractivity contribution is 0.465. The van der Waals surface area contributed by atoms with Gasteiger partial charge in [-0.25, -0.2) is 25.3 Å². The topological polar surface area (TPSA) is 180 Å². The Morgan fingerprint density at radius 1 is 0.432 bits per heavy atom. The van der Waals surface area contributed by atoms with Gasteiger partial charge in [-0.2, -0.15) is 0 Å². The molecule has 0 aliphatic rings. The Hall–Kier alpha value is -3.43. The molecule has 0 saturated heterocycles. The van der Waals surface area contributed by atoms with E-state index in [9.17, 15) is 25.3 Å². The van der Waals surface area contributed by atoms with Crippen molar-refractivity contribution in [3.8, 4) is 0 Å². The predicted molar refractivity (Wildman–Crippen MR) is 130 cm³/mol. The lowest BCUT2D eigenvalue weighted by atomic mass is 10.2. The van der Waals surface area contributed by atoms with Crippen molar-refractivity contribution in [1.82, 2.24) is 20.4 Å². The van der Waals surface area contributed by atoms with Crippen molar-refractivity contribution < 1.29 is 34.1 Å². The summed E-state index contributed by atoms with van der Waals surface area (Å²) >= 11 is 0. The average molecular weight is 567 g/mol. The molecule has 0 N–H and O–H groups in total. The summed E-state index contributed by atoms with van der Waals surface area (Å²) in [5, 5.41) is 14.5. The zero-order valence-electron chi connectivity index (χ0n) is 19.3. The third-order valence-corrected chi connectivity index (χ3v) is 9.14. The van der Waals surface area contributed by atoms with Crippen LogP contribution in [0.1, 0.15) is 34.7 Å². The van der Waals surface area contributed by atoms with Crippen molar-refractivity contribution in [2.24, 2.45) is 0 Å². The van der Waals surface area contributed by atoms with Crippen molar-refractivity contribution >= 4 is 29.5 Å². The second-order valence-corrected chi connectivity index (χ2v) is 14.4. The first-order valence-corrected chi connectivity index (χ1v) is 16.2. The molecule has 2 aromatic heterocycles. The monoisotopic (exact) mass is 566 g/mol. The van der Waals surface area contributed by atoms with Crippen LogP contribution in [0.3, 0.4) is 0 Å². The second-order valence-electron chi connectivity index (χ2n) is 8.25. The number of rotatable bonds is 12. The standard InChI is InChI=1S/C22H22N4O8S3/c27-35(28,11-17-7-3-1-4-8-17)13-19-23-25-21(33-19)15-37(31,32)16-22-26-24-20(34-22)14-36(29,30)12-18-9-5-2-6-10-18/h1-10H,11-16H2. The first-order valence-electron chi connectivity index (χ1n) is 10.8. The van der Waals surface area contributed by atoms with Crippen LogP contribution in [0.5, 0.6) is 0 Å². The molecule has 4 rings (SSSR count). The molecule has 2 heterocycles. The van der Waals surface area contributed by atoms with Crippen molar-refractivity contribution in [2.45, 2.75) is 34.5 Å². The third kappa shape index (κ3) is 8.30. The van der Waals surface area contributed by atoms with Gasteiger partial charge in [-0.05, 0) is 11.1 Å². The van der Waals surface area contributed by atoms with Crippen LogP contribution in [0, 0.1) is 0 Å². The summed E-state index contributed by atoms with van der Waals surface area (Å²) in [7, 11) is -11.2. The van der Waals surface area contributed by atoms with Crippen LogP contribution in [0.2, 0.25) is 0 Å². The Morgan fingerprint density at radius 3 is 1.00 bits per heavy atom. The highest BCUT2D eigenvalue weighted by molar-refractivity contribution is 7.90. The molecule has 2 aromatic carbocycles. The fraction of sp³-hybridized carbons (Fsp3) is 0.273. The number of benzene rings is 2. The average Bonchev–Trinajstić information content (AvgIpc) is 3.41. The van der Waals surface area contributed by atoms with Crippen LogP contribution in [-0.2, 0) is 64.0 Å². The van der Waals surface area contributed by atoms with Crippen LogP contribution < -0.4 is 0 Å².